The summed E-state index contributed by atoms with van der Waals surface area (Å²) in [7, 11) is 3.10. The molecular weight excluding hydrogens is 452 g/mol. The van der Waals surface area contributed by atoms with Crippen LogP contribution in [0, 0.1) is 0 Å². The number of tetrazole rings is 1. The first-order valence-corrected chi connectivity index (χ1v) is 11.6. The predicted octanol–water partition coefficient (Wildman–Crippen LogP) is 2.43. The van der Waals surface area contributed by atoms with E-state index in [0.29, 0.717) is 28.6 Å². The van der Waals surface area contributed by atoms with Gasteiger partial charge < -0.3 is 24.1 Å². The Labute approximate surface area is 203 Å². The third kappa shape index (κ3) is 5.79. The zero-order valence-corrected chi connectivity index (χ0v) is 20.1. The molecule has 3 aromatic rings. The van der Waals surface area contributed by atoms with Gasteiger partial charge in [-0.3, -0.25) is 9.59 Å². The number of carbonyl (C=O) groups is 2. The first-order chi connectivity index (χ1) is 17.0. The topological polar surface area (TPSA) is 125 Å². The highest BCUT2D eigenvalue weighted by atomic mass is 16.5. The average Bonchev–Trinajstić information content (AvgIpc) is 3.65. The van der Waals surface area contributed by atoms with Crippen molar-refractivity contribution in [3.8, 4) is 22.9 Å². The molecule has 2 heterocycles. The van der Waals surface area contributed by atoms with Crippen molar-refractivity contribution in [2.24, 2.45) is 0 Å². The molecule has 186 valence electrons. The molecule has 1 aliphatic carbocycles. The highest BCUT2D eigenvalue weighted by molar-refractivity contribution is 5.87. The van der Waals surface area contributed by atoms with Crippen LogP contribution in [-0.2, 0) is 22.7 Å². The van der Waals surface area contributed by atoms with E-state index < -0.39 is 6.04 Å². The Kier molecular flexibility index (Phi) is 7.64. The Morgan fingerprint density at radius 2 is 1.97 bits per heavy atom. The van der Waals surface area contributed by atoms with E-state index in [9.17, 15) is 9.59 Å². The second-order valence-corrected chi connectivity index (χ2v) is 8.48. The lowest BCUT2D eigenvalue weighted by Gasteiger charge is -2.28. The molecule has 1 aromatic carbocycles. The minimum absolute atomic E-state index is 0.155. The molecule has 1 atom stereocenters. The smallest absolute Gasteiger partial charge is 0.247 e. The number of furan rings is 1. The van der Waals surface area contributed by atoms with E-state index in [2.05, 4.69) is 20.7 Å². The van der Waals surface area contributed by atoms with E-state index in [1.54, 1.807) is 51.5 Å². The number of hydrogen-bond acceptors (Lipinski definition) is 8. The zero-order chi connectivity index (χ0) is 24.8. The summed E-state index contributed by atoms with van der Waals surface area (Å²) >= 11 is 0. The summed E-state index contributed by atoms with van der Waals surface area (Å²) in [5.41, 5.74) is 0.665. The largest absolute Gasteiger partial charge is 0.493 e. The maximum atomic E-state index is 13.3. The molecule has 0 spiro atoms. The lowest BCUT2D eigenvalue weighted by Crippen LogP contribution is -2.50. The van der Waals surface area contributed by atoms with Gasteiger partial charge in [-0.05, 0) is 55.3 Å². The Morgan fingerprint density at radius 1 is 1.20 bits per heavy atom. The van der Waals surface area contributed by atoms with Crippen molar-refractivity contribution < 1.29 is 23.5 Å². The quantitative estimate of drug-likeness (QED) is 0.467. The van der Waals surface area contributed by atoms with Crippen molar-refractivity contribution in [2.75, 3.05) is 14.2 Å². The Morgan fingerprint density at radius 3 is 2.66 bits per heavy atom. The summed E-state index contributed by atoms with van der Waals surface area (Å²) in [5, 5.41) is 15.5. The molecule has 0 bridgehead atoms. The highest BCUT2D eigenvalue weighted by Gasteiger charge is 2.29. The predicted molar refractivity (Wildman–Crippen MR) is 125 cm³/mol. The maximum absolute atomic E-state index is 13.3. The van der Waals surface area contributed by atoms with Crippen LogP contribution in [0.4, 0.5) is 0 Å². The van der Waals surface area contributed by atoms with Crippen LogP contribution in [0.25, 0.3) is 11.4 Å². The Bertz CT molecular complexity index is 1140. The molecule has 1 aliphatic rings. The lowest BCUT2D eigenvalue weighted by molar-refractivity contribution is -0.142. The molecule has 2 amide bonds. The number of benzene rings is 1. The Hall–Kier alpha value is -3.89. The van der Waals surface area contributed by atoms with Gasteiger partial charge in [0.2, 0.25) is 17.6 Å². The highest BCUT2D eigenvalue weighted by Crippen LogP contribution is 2.30. The molecule has 11 nitrogen and oxygen atoms in total. The van der Waals surface area contributed by atoms with Crippen LogP contribution in [-0.4, -0.2) is 63.2 Å². The van der Waals surface area contributed by atoms with Gasteiger partial charge in [0, 0.05) is 11.6 Å². The van der Waals surface area contributed by atoms with Gasteiger partial charge in [0.15, 0.2) is 11.5 Å². The van der Waals surface area contributed by atoms with Crippen molar-refractivity contribution in [1.29, 1.82) is 0 Å². The van der Waals surface area contributed by atoms with Crippen LogP contribution in [0.1, 0.15) is 38.4 Å². The van der Waals surface area contributed by atoms with E-state index in [1.807, 2.05) is 0 Å². The van der Waals surface area contributed by atoms with E-state index in [4.69, 9.17) is 13.9 Å². The van der Waals surface area contributed by atoms with Gasteiger partial charge in [-0.25, -0.2) is 0 Å². The van der Waals surface area contributed by atoms with Gasteiger partial charge in [-0.2, -0.15) is 4.80 Å². The third-order valence-electron chi connectivity index (χ3n) is 6.15. The van der Waals surface area contributed by atoms with Crippen LogP contribution in [0.3, 0.4) is 0 Å². The molecule has 4 rings (SSSR count). The van der Waals surface area contributed by atoms with Gasteiger partial charge in [0.05, 0.1) is 27.0 Å². The zero-order valence-electron chi connectivity index (χ0n) is 20.1. The first kappa shape index (κ1) is 24.2. The summed E-state index contributed by atoms with van der Waals surface area (Å²) in [4.78, 5) is 28.9. The fourth-order valence-corrected chi connectivity index (χ4v) is 4.16. The molecule has 0 unspecified atom stereocenters. The molecule has 2 aromatic heterocycles. The number of nitrogens with zero attached hydrogens (tertiary/aromatic N) is 5. The van der Waals surface area contributed by atoms with Crippen molar-refractivity contribution in [1.82, 2.24) is 30.4 Å². The molecule has 1 fully saturated rings. The molecule has 1 saturated carbocycles. The van der Waals surface area contributed by atoms with Gasteiger partial charge in [-0.15, -0.1) is 10.2 Å². The SMILES string of the molecule is COc1ccc(-c2nnn(CC(=O)N(Cc3ccco3)[C@H](C)C(=O)NC3CCCC3)n2)cc1OC. The minimum Gasteiger partial charge on any atom is -0.493 e. The summed E-state index contributed by atoms with van der Waals surface area (Å²) in [6, 6.07) is 8.24. The van der Waals surface area contributed by atoms with Gasteiger partial charge in [0.1, 0.15) is 18.3 Å². The monoisotopic (exact) mass is 482 g/mol. The van der Waals surface area contributed by atoms with Crippen LogP contribution in [0.15, 0.2) is 41.0 Å². The molecule has 1 N–H and O–H groups in total. The number of methoxy groups -OCH3 is 2. The number of amides is 2. The number of aromatic nitrogens is 4. The van der Waals surface area contributed by atoms with Crippen molar-refractivity contribution in [3.05, 3.63) is 42.4 Å². The summed E-state index contributed by atoms with van der Waals surface area (Å²) in [6.07, 6.45) is 5.68. The van der Waals surface area contributed by atoms with Gasteiger partial charge >= 0.3 is 0 Å². The van der Waals surface area contributed by atoms with Crippen LogP contribution >= 0.6 is 0 Å². The summed E-state index contributed by atoms with van der Waals surface area (Å²) < 4.78 is 16.0. The molecule has 35 heavy (non-hydrogen) atoms. The number of ether oxygens (including phenoxy) is 2. The summed E-state index contributed by atoms with van der Waals surface area (Å²) in [5.74, 6) is 1.52. The minimum atomic E-state index is -0.693. The standard InChI is InChI=1S/C24H30N6O5/c1-16(24(32)25-18-7-4-5-8-18)29(14-19-9-6-12-35-19)22(31)15-30-27-23(26-28-30)17-10-11-20(33-2)21(13-17)34-3/h6,9-13,16,18H,4-5,7-8,14-15H2,1-3H3,(H,25,32)/t16-/m1/s1. The second kappa shape index (κ2) is 11.0. The lowest BCUT2D eigenvalue weighted by atomic mass is 10.2. The Balaban J connectivity index is 1.48. The summed E-state index contributed by atoms with van der Waals surface area (Å²) in [6.45, 7) is 1.69. The molecule has 0 saturated heterocycles. The molecule has 0 radical (unpaired) electrons. The normalized spacial score (nSPS) is 14.5. The van der Waals surface area contributed by atoms with Gasteiger partial charge in [-0.1, -0.05) is 12.8 Å². The number of nitrogens with one attached hydrogen (secondary N) is 1. The number of hydrogen-bond donors (Lipinski definition) is 1. The van der Waals surface area contributed by atoms with E-state index >= 15 is 0 Å². The van der Waals surface area contributed by atoms with Crippen LogP contribution in [0.5, 0.6) is 11.5 Å². The van der Waals surface area contributed by atoms with E-state index in [0.717, 1.165) is 25.7 Å². The second-order valence-electron chi connectivity index (χ2n) is 8.48. The van der Waals surface area contributed by atoms with Crippen molar-refractivity contribution >= 4 is 11.8 Å². The molecular formula is C24H30N6O5. The van der Waals surface area contributed by atoms with Crippen LogP contribution in [0.2, 0.25) is 0 Å². The fourth-order valence-electron chi connectivity index (χ4n) is 4.16. The van der Waals surface area contributed by atoms with Gasteiger partial charge in [0.25, 0.3) is 0 Å². The van der Waals surface area contributed by atoms with Crippen LogP contribution < -0.4 is 14.8 Å². The molecule has 11 heteroatoms. The van der Waals surface area contributed by atoms with Crippen molar-refractivity contribution in [3.63, 3.8) is 0 Å². The van der Waals surface area contributed by atoms with E-state index in [1.165, 1.54) is 16.0 Å². The van der Waals surface area contributed by atoms with E-state index in [-0.39, 0.29) is 30.9 Å². The first-order valence-electron chi connectivity index (χ1n) is 11.6. The van der Waals surface area contributed by atoms with Crippen molar-refractivity contribution in [2.45, 2.75) is 57.8 Å². The average molecular weight is 483 g/mol. The number of carbonyl (C=O) groups excluding carboxylic acids is 2. The fraction of sp³-hybridized carbons (Fsp3) is 0.458. The number of rotatable bonds is 10. The third-order valence-corrected chi connectivity index (χ3v) is 6.15. The molecule has 0 aliphatic heterocycles. The maximum Gasteiger partial charge on any atom is 0.247 e.